The molecule has 0 fully saturated rings. The maximum Gasteiger partial charge on any atom is 0.127 e. The highest BCUT2D eigenvalue weighted by atomic mass is 16.3. The molecule has 3 nitrogen and oxygen atoms in total. The molecule has 1 aliphatic rings. The van der Waals surface area contributed by atoms with E-state index >= 15 is 0 Å². The van der Waals surface area contributed by atoms with Gasteiger partial charge in [0.05, 0.1) is 12.8 Å². The number of aryl methyl sites for hydroxylation is 2. The summed E-state index contributed by atoms with van der Waals surface area (Å²) < 4.78 is 5.68. The zero-order chi connectivity index (χ0) is 13.9. The third-order valence-corrected chi connectivity index (χ3v) is 3.99. The van der Waals surface area contributed by atoms with E-state index in [-0.39, 0.29) is 0 Å². The molecule has 1 aromatic carbocycles. The Labute approximate surface area is 120 Å². The summed E-state index contributed by atoms with van der Waals surface area (Å²) in [5.74, 6) is 1.08. The van der Waals surface area contributed by atoms with E-state index in [1.807, 2.05) is 7.05 Å². The van der Waals surface area contributed by atoms with E-state index in [4.69, 9.17) is 4.42 Å². The third-order valence-electron chi connectivity index (χ3n) is 3.99. The summed E-state index contributed by atoms with van der Waals surface area (Å²) in [5.41, 5.74) is 5.44. The van der Waals surface area contributed by atoms with Gasteiger partial charge in [0.25, 0.3) is 0 Å². The van der Waals surface area contributed by atoms with Crippen LogP contribution >= 0.6 is 0 Å². The van der Waals surface area contributed by atoms with Gasteiger partial charge in [-0.15, -0.1) is 0 Å². The predicted molar refractivity (Wildman–Crippen MR) is 82.0 cm³/mol. The molecule has 2 aromatic rings. The number of hydrogen-bond donors (Lipinski definition) is 1. The standard InChI is InChI=1S/C17H22N2O/c1-13-5-6-16-14(10-13)4-3-8-19(16)12-17-15(11-18-2)7-9-20-17/h5-7,9-10,18H,3-4,8,11-12H2,1-2H3. The highest BCUT2D eigenvalue weighted by Gasteiger charge is 2.19. The van der Waals surface area contributed by atoms with E-state index in [1.54, 1.807) is 6.26 Å². The number of furan rings is 1. The predicted octanol–water partition coefficient (Wildman–Crippen LogP) is 3.26. The van der Waals surface area contributed by atoms with Crippen molar-refractivity contribution in [2.75, 3.05) is 18.5 Å². The topological polar surface area (TPSA) is 28.4 Å². The minimum Gasteiger partial charge on any atom is -0.467 e. The quantitative estimate of drug-likeness (QED) is 0.924. The van der Waals surface area contributed by atoms with Crippen molar-refractivity contribution < 1.29 is 4.42 Å². The second-order valence-electron chi connectivity index (χ2n) is 5.56. The number of fused-ring (bicyclic) bond motifs is 1. The summed E-state index contributed by atoms with van der Waals surface area (Å²) in [7, 11) is 1.97. The van der Waals surface area contributed by atoms with Gasteiger partial charge in [0.2, 0.25) is 0 Å². The van der Waals surface area contributed by atoms with Crippen molar-refractivity contribution in [2.45, 2.75) is 32.9 Å². The monoisotopic (exact) mass is 270 g/mol. The van der Waals surface area contributed by atoms with Crippen LogP contribution in [0.5, 0.6) is 0 Å². The lowest BCUT2D eigenvalue weighted by atomic mass is 9.99. The van der Waals surface area contributed by atoms with Gasteiger partial charge in [0, 0.05) is 24.3 Å². The number of hydrogen-bond acceptors (Lipinski definition) is 3. The van der Waals surface area contributed by atoms with Crippen molar-refractivity contribution in [1.29, 1.82) is 0 Å². The van der Waals surface area contributed by atoms with Crippen LogP contribution in [0.1, 0.15) is 28.9 Å². The van der Waals surface area contributed by atoms with E-state index in [1.165, 1.54) is 35.2 Å². The van der Waals surface area contributed by atoms with E-state index < -0.39 is 0 Å². The molecule has 3 heteroatoms. The summed E-state index contributed by atoms with van der Waals surface area (Å²) >= 11 is 0. The molecule has 0 radical (unpaired) electrons. The maximum atomic E-state index is 5.68. The molecule has 0 saturated carbocycles. The van der Waals surface area contributed by atoms with E-state index in [2.05, 4.69) is 41.4 Å². The minimum atomic E-state index is 0.861. The molecule has 20 heavy (non-hydrogen) atoms. The molecule has 0 spiro atoms. The van der Waals surface area contributed by atoms with Crippen LogP contribution in [0.4, 0.5) is 5.69 Å². The molecule has 106 valence electrons. The summed E-state index contributed by atoms with van der Waals surface area (Å²) in [6, 6.07) is 8.84. The Kier molecular flexibility index (Phi) is 3.79. The molecule has 0 bridgehead atoms. The Morgan fingerprint density at radius 2 is 2.20 bits per heavy atom. The summed E-state index contributed by atoms with van der Waals surface area (Å²) in [6.45, 7) is 4.99. The molecule has 2 heterocycles. The van der Waals surface area contributed by atoms with Crippen molar-refractivity contribution in [1.82, 2.24) is 5.32 Å². The van der Waals surface area contributed by atoms with Crippen LogP contribution in [0.3, 0.4) is 0 Å². The molecular formula is C17H22N2O. The first kappa shape index (κ1) is 13.3. The average Bonchev–Trinajstić information content (AvgIpc) is 2.86. The highest BCUT2D eigenvalue weighted by molar-refractivity contribution is 5.56. The Bertz CT molecular complexity index is 588. The van der Waals surface area contributed by atoms with Crippen LogP contribution in [0.2, 0.25) is 0 Å². The van der Waals surface area contributed by atoms with Crippen molar-refractivity contribution in [2.24, 2.45) is 0 Å². The Balaban J connectivity index is 1.84. The minimum absolute atomic E-state index is 0.861. The van der Waals surface area contributed by atoms with Gasteiger partial charge in [0.15, 0.2) is 0 Å². The zero-order valence-corrected chi connectivity index (χ0v) is 12.3. The number of rotatable bonds is 4. The summed E-state index contributed by atoms with van der Waals surface area (Å²) in [4.78, 5) is 2.44. The van der Waals surface area contributed by atoms with E-state index in [9.17, 15) is 0 Å². The summed E-state index contributed by atoms with van der Waals surface area (Å²) in [5, 5.41) is 3.20. The number of anilines is 1. The first-order chi connectivity index (χ1) is 9.78. The smallest absolute Gasteiger partial charge is 0.127 e. The first-order valence-electron chi connectivity index (χ1n) is 7.32. The van der Waals surface area contributed by atoms with Crippen molar-refractivity contribution in [3.63, 3.8) is 0 Å². The van der Waals surface area contributed by atoms with Crippen LogP contribution in [-0.4, -0.2) is 13.6 Å². The van der Waals surface area contributed by atoms with Gasteiger partial charge in [-0.2, -0.15) is 0 Å². The SMILES string of the molecule is CNCc1ccoc1CN1CCCc2cc(C)ccc21. The van der Waals surface area contributed by atoms with Gasteiger partial charge in [-0.05, 0) is 44.5 Å². The van der Waals surface area contributed by atoms with Crippen molar-refractivity contribution >= 4 is 5.69 Å². The molecule has 0 saturated heterocycles. The Morgan fingerprint density at radius 3 is 3.05 bits per heavy atom. The second-order valence-corrected chi connectivity index (χ2v) is 5.56. The van der Waals surface area contributed by atoms with E-state index in [0.29, 0.717) is 0 Å². The molecule has 1 N–H and O–H groups in total. The van der Waals surface area contributed by atoms with Crippen LogP contribution in [0.15, 0.2) is 34.9 Å². The first-order valence-corrected chi connectivity index (χ1v) is 7.32. The molecule has 0 aliphatic carbocycles. The molecule has 1 aromatic heterocycles. The van der Waals surface area contributed by atoms with Gasteiger partial charge >= 0.3 is 0 Å². The Morgan fingerprint density at radius 1 is 1.30 bits per heavy atom. The lowest BCUT2D eigenvalue weighted by molar-refractivity contribution is 0.491. The lowest BCUT2D eigenvalue weighted by Crippen LogP contribution is -2.29. The molecule has 0 atom stereocenters. The number of nitrogens with zero attached hydrogens (tertiary/aromatic N) is 1. The normalized spacial score (nSPS) is 14.4. The van der Waals surface area contributed by atoms with Crippen LogP contribution < -0.4 is 10.2 Å². The summed E-state index contributed by atoms with van der Waals surface area (Å²) in [6.07, 6.45) is 4.20. The number of benzene rings is 1. The Hall–Kier alpha value is -1.74. The van der Waals surface area contributed by atoms with Crippen LogP contribution in [0, 0.1) is 6.92 Å². The van der Waals surface area contributed by atoms with Crippen molar-refractivity contribution in [3.05, 3.63) is 53.0 Å². The average molecular weight is 270 g/mol. The second kappa shape index (κ2) is 5.71. The van der Waals surface area contributed by atoms with Gasteiger partial charge in [-0.25, -0.2) is 0 Å². The molecule has 0 unspecified atom stereocenters. The van der Waals surface area contributed by atoms with Gasteiger partial charge in [0.1, 0.15) is 5.76 Å². The largest absolute Gasteiger partial charge is 0.467 e. The van der Waals surface area contributed by atoms with Crippen LogP contribution in [0.25, 0.3) is 0 Å². The fourth-order valence-corrected chi connectivity index (χ4v) is 3.00. The van der Waals surface area contributed by atoms with Gasteiger partial charge in [-0.3, -0.25) is 0 Å². The molecule has 0 amide bonds. The fourth-order valence-electron chi connectivity index (χ4n) is 3.00. The van der Waals surface area contributed by atoms with Gasteiger partial charge in [-0.1, -0.05) is 17.7 Å². The lowest BCUT2D eigenvalue weighted by Gasteiger charge is -2.31. The highest BCUT2D eigenvalue weighted by Crippen LogP contribution is 2.29. The molecule has 1 aliphatic heterocycles. The van der Waals surface area contributed by atoms with Crippen molar-refractivity contribution in [3.8, 4) is 0 Å². The maximum absolute atomic E-state index is 5.68. The number of nitrogens with one attached hydrogen (secondary N) is 1. The van der Waals surface area contributed by atoms with Crippen LogP contribution in [-0.2, 0) is 19.5 Å². The van der Waals surface area contributed by atoms with E-state index in [0.717, 1.165) is 25.4 Å². The fraction of sp³-hybridized carbons (Fsp3) is 0.412. The third kappa shape index (κ3) is 2.59. The van der Waals surface area contributed by atoms with Gasteiger partial charge < -0.3 is 14.6 Å². The molecular weight excluding hydrogens is 248 g/mol. The zero-order valence-electron chi connectivity index (χ0n) is 12.3. The molecule has 3 rings (SSSR count).